The van der Waals surface area contributed by atoms with Gasteiger partial charge in [-0.3, -0.25) is 0 Å². The highest BCUT2D eigenvalue weighted by Crippen LogP contribution is 2.26. The molecule has 6 heteroatoms. The van der Waals surface area contributed by atoms with Crippen molar-refractivity contribution in [2.75, 3.05) is 26.0 Å². The van der Waals surface area contributed by atoms with E-state index >= 15 is 0 Å². The van der Waals surface area contributed by atoms with Crippen molar-refractivity contribution in [3.8, 4) is 0 Å². The first-order valence-electron chi connectivity index (χ1n) is 5.93. The van der Waals surface area contributed by atoms with Crippen molar-refractivity contribution < 1.29 is 9.90 Å². The highest BCUT2D eigenvalue weighted by Gasteiger charge is 2.21. The molecule has 2 N–H and O–H groups in total. The van der Waals surface area contributed by atoms with E-state index in [1.54, 1.807) is 6.92 Å². The minimum absolute atomic E-state index is 0.206. The molecule has 5 nitrogen and oxygen atoms in total. The van der Waals surface area contributed by atoms with E-state index in [2.05, 4.69) is 28.4 Å². The van der Waals surface area contributed by atoms with Crippen molar-refractivity contribution in [2.45, 2.75) is 26.8 Å². The molecule has 102 valence electrons. The number of hydrogen-bond acceptors (Lipinski definition) is 5. The molecule has 1 atom stereocenters. The molecule has 0 bridgehead atoms. The Morgan fingerprint density at radius 1 is 1.50 bits per heavy atom. The van der Waals surface area contributed by atoms with Crippen LogP contribution in [0.3, 0.4) is 0 Å². The Hall–Kier alpha value is -1.14. The largest absolute Gasteiger partial charge is 0.478 e. The lowest BCUT2D eigenvalue weighted by Gasteiger charge is -2.26. The maximum Gasteiger partial charge on any atom is 0.340 e. The molecule has 0 saturated carbocycles. The molecule has 0 saturated heterocycles. The van der Waals surface area contributed by atoms with Crippen LogP contribution in [0.4, 0.5) is 5.00 Å². The zero-order chi connectivity index (χ0) is 13.9. The smallest absolute Gasteiger partial charge is 0.340 e. The number of aromatic carboxylic acids is 1. The number of hydrogen-bond donors (Lipinski definition) is 2. The van der Waals surface area contributed by atoms with Crippen LogP contribution in [-0.2, 0) is 0 Å². The van der Waals surface area contributed by atoms with E-state index < -0.39 is 5.97 Å². The lowest BCUT2D eigenvalue weighted by molar-refractivity contribution is 0.0697. The van der Waals surface area contributed by atoms with Gasteiger partial charge in [-0.15, -0.1) is 0 Å². The summed E-state index contributed by atoms with van der Waals surface area (Å²) in [5.74, 6) is -0.507. The van der Waals surface area contributed by atoms with Crippen LogP contribution in [0, 0.1) is 12.8 Å². The Kier molecular flexibility index (Phi) is 5.10. The third-order valence-electron chi connectivity index (χ3n) is 2.76. The fourth-order valence-electron chi connectivity index (χ4n) is 1.71. The molecule has 18 heavy (non-hydrogen) atoms. The van der Waals surface area contributed by atoms with Crippen LogP contribution in [0.15, 0.2) is 0 Å². The van der Waals surface area contributed by atoms with Crippen LogP contribution < -0.4 is 5.32 Å². The minimum atomic E-state index is -0.920. The van der Waals surface area contributed by atoms with Crippen LogP contribution in [0.25, 0.3) is 0 Å². The summed E-state index contributed by atoms with van der Waals surface area (Å²) in [6, 6.07) is 0.206. The van der Waals surface area contributed by atoms with Gasteiger partial charge in [-0.2, -0.15) is 4.37 Å². The van der Waals surface area contributed by atoms with E-state index in [0.29, 0.717) is 22.2 Å². The summed E-state index contributed by atoms with van der Waals surface area (Å²) < 4.78 is 4.11. The summed E-state index contributed by atoms with van der Waals surface area (Å²) in [6.45, 7) is 6.82. The number of carbonyl (C=O) groups is 1. The first-order chi connectivity index (χ1) is 8.32. The van der Waals surface area contributed by atoms with E-state index in [4.69, 9.17) is 0 Å². The number of aryl methyl sites for hydroxylation is 1. The Balaban J connectivity index is 2.90. The second-order valence-corrected chi connectivity index (χ2v) is 5.81. The summed E-state index contributed by atoms with van der Waals surface area (Å²) in [6.07, 6.45) is 0. The molecule has 0 aliphatic heterocycles. The monoisotopic (exact) mass is 271 g/mol. The molecule has 0 aromatic carbocycles. The third kappa shape index (κ3) is 3.68. The third-order valence-corrected chi connectivity index (χ3v) is 3.63. The van der Waals surface area contributed by atoms with Gasteiger partial charge in [0, 0.05) is 12.6 Å². The molecule has 0 spiro atoms. The quantitative estimate of drug-likeness (QED) is 0.830. The first-order valence-corrected chi connectivity index (χ1v) is 6.71. The van der Waals surface area contributed by atoms with Crippen molar-refractivity contribution in [3.63, 3.8) is 0 Å². The highest BCUT2D eigenvalue weighted by molar-refractivity contribution is 7.10. The minimum Gasteiger partial charge on any atom is -0.478 e. The van der Waals surface area contributed by atoms with Gasteiger partial charge in [0.1, 0.15) is 10.6 Å². The maximum atomic E-state index is 11.2. The average Bonchev–Trinajstić information content (AvgIpc) is 2.57. The Labute approximate surface area is 112 Å². The predicted octanol–water partition coefficient (Wildman–Crippen LogP) is 2.15. The van der Waals surface area contributed by atoms with Crippen molar-refractivity contribution in [1.29, 1.82) is 0 Å². The number of nitrogens with one attached hydrogen (secondary N) is 1. The van der Waals surface area contributed by atoms with Crippen molar-refractivity contribution in [2.24, 2.45) is 5.92 Å². The average molecular weight is 271 g/mol. The van der Waals surface area contributed by atoms with E-state index in [-0.39, 0.29) is 6.04 Å². The maximum absolute atomic E-state index is 11.2. The van der Waals surface area contributed by atoms with Crippen molar-refractivity contribution in [1.82, 2.24) is 9.27 Å². The SMILES string of the molecule is Cc1nsc(NC(CN(C)C)C(C)C)c1C(=O)O. The Morgan fingerprint density at radius 3 is 2.56 bits per heavy atom. The number of rotatable bonds is 6. The standard InChI is InChI=1S/C12H21N3O2S/c1-7(2)9(6-15(4)5)13-11-10(12(16)17)8(3)14-18-11/h7,9,13H,6H2,1-5H3,(H,16,17). The summed E-state index contributed by atoms with van der Waals surface area (Å²) >= 11 is 1.22. The van der Waals surface area contributed by atoms with Crippen LogP contribution in [-0.4, -0.2) is 47.0 Å². The molecule has 0 fully saturated rings. The van der Waals surface area contributed by atoms with Gasteiger partial charge < -0.3 is 15.3 Å². The van der Waals surface area contributed by atoms with Crippen molar-refractivity contribution >= 4 is 22.5 Å². The van der Waals surface area contributed by atoms with Crippen LogP contribution in [0.5, 0.6) is 0 Å². The van der Waals surface area contributed by atoms with Gasteiger partial charge in [0.15, 0.2) is 0 Å². The highest BCUT2D eigenvalue weighted by atomic mass is 32.1. The normalized spacial score (nSPS) is 13.1. The summed E-state index contributed by atoms with van der Waals surface area (Å²) in [7, 11) is 4.01. The second kappa shape index (κ2) is 6.15. The van der Waals surface area contributed by atoms with Crippen LogP contribution >= 0.6 is 11.5 Å². The molecule has 1 rings (SSSR count). The van der Waals surface area contributed by atoms with Gasteiger partial charge in [0.05, 0.1) is 5.69 Å². The molecule has 0 radical (unpaired) electrons. The van der Waals surface area contributed by atoms with E-state index in [1.165, 1.54) is 11.5 Å². The lowest BCUT2D eigenvalue weighted by atomic mass is 10.0. The van der Waals surface area contributed by atoms with Gasteiger partial charge >= 0.3 is 5.97 Å². The zero-order valence-corrected chi connectivity index (χ0v) is 12.3. The number of likely N-dealkylation sites (N-methyl/N-ethyl adjacent to an activating group) is 1. The molecule has 0 aliphatic rings. The van der Waals surface area contributed by atoms with E-state index in [1.807, 2.05) is 14.1 Å². The topological polar surface area (TPSA) is 65.5 Å². The Morgan fingerprint density at radius 2 is 2.11 bits per heavy atom. The number of anilines is 1. The lowest BCUT2D eigenvalue weighted by Crippen LogP contribution is -2.36. The molecular formula is C12H21N3O2S. The second-order valence-electron chi connectivity index (χ2n) is 5.03. The number of carboxylic acid groups (broad SMARTS) is 1. The van der Waals surface area contributed by atoms with Crippen molar-refractivity contribution in [3.05, 3.63) is 11.3 Å². The van der Waals surface area contributed by atoms with E-state index in [9.17, 15) is 9.90 Å². The number of aromatic nitrogens is 1. The predicted molar refractivity (Wildman–Crippen MR) is 74.6 cm³/mol. The van der Waals surface area contributed by atoms with Gasteiger partial charge in [0.25, 0.3) is 0 Å². The molecular weight excluding hydrogens is 250 g/mol. The summed E-state index contributed by atoms with van der Waals surface area (Å²) in [5.41, 5.74) is 0.867. The summed E-state index contributed by atoms with van der Waals surface area (Å²) in [5, 5.41) is 13.2. The number of nitrogens with zero attached hydrogens (tertiary/aromatic N) is 2. The van der Waals surface area contributed by atoms with Crippen LogP contribution in [0.2, 0.25) is 0 Å². The fraction of sp³-hybridized carbons (Fsp3) is 0.667. The molecule has 1 aromatic heterocycles. The molecule has 1 aromatic rings. The first kappa shape index (κ1) is 14.9. The summed E-state index contributed by atoms with van der Waals surface area (Å²) in [4.78, 5) is 13.3. The van der Waals surface area contributed by atoms with Gasteiger partial charge in [-0.1, -0.05) is 13.8 Å². The number of carboxylic acids is 1. The molecule has 0 aliphatic carbocycles. The van der Waals surface area contributed by atoms with Gasteiger partial charge in [-0.25, -0.2) is 4.79 Å². The molecule has 1 heterocycles. The van der Waals surface area contributed by atoms with Gasteiger partial charge in [-0.05, 0) is 38.5 Å². The fourth-order valence-corrected chi connectivity index (χ4v) is 2.55. The molecule has 0 amide bonds. The zero-order valence-electron chi connectivity index (χ0n) is 11.5. The Bertz CT molecular complexity index is 415. The van der Waals surface area contributed by atoms with Crippen LogP contribution in [0.1, 0.15) is 29.9 Å². The van der Waals surface area contributed by atoms with Gasteiger partial charge in [0.2, 0.25) is 0 Å². The molecule has 1 unspecified atom stereocenters. The van der Waals surface area contributed by atoms with E-state index in [0.717, 1.165) is 6.54 Å².